The van der Waals surface area contributed by atoms with Gasteiger partial charge >= 0.3 is 4.87 Å². The van der Waals surface area contributed by atoms with Crippen LogP contribution in [0.4, 0.5) is 0 Å². The fraction of sp³-hybridized carbons (Fsp3) is 0.350. The smallest absolute Gasteiger partial charge is 0.299 e. The second-order valence-electron chi connectivity index (χ2n) is 6.59. The maximum absolute atomic E-state index is 12.6. The van der Waals surface area contributed by atoms with Crippen LogP contribution in [-0.4, -0.2) is 25.3 Å². The molecule has 1 heterocycles. The molecule has 0 spiro atoms. The van der Waals surface area contributed by atoms with Gasteiger partial charge in [0.15, 0.2) is 0 Å². The van der Waals surface area contributed by atoms with Crippen molar-refractivity contribution in [3.63, 3.8) is 0 Å². The van der Waals surface area contributed by atoms with Crippen LogP contribution in [-0.2, 0) is 22.3 Å². The van der Waals surface area contributed by atoms with Gasteiger partial charge in [-0.25, -0.2) is 13.1 Å². The van der Waals surface area contributed by atoms with Crippen LogP contribution < -0.4 is 9.60 Å². The number of hydrogen-bond donors (Lipinski definition) is 1. The van der Waals surface area contributed by atoms with E-state index < -0.39 is 10.0 Å². The minimum Gasteiger partial charge on any atom is -0.299 e. The van der Waals surface area contributed by atoms with Gasteiger partial charge in [-0.15, -0.1) is 0 Å². The Morgan fingerprint density at radius 2 is 1.89 bits per heavy atom. The van der Waals surface area contributed by atoms with E-state index in [0.717, 1.165) is 29.0 Å². The van der Waals surface area contributed by atoms with E-state index >= 15 is 0 Å². The molecule has 3 aromatic rings. The number of hydrogen-bond acceptors (Lipinski definition) is 5. The first-order valence-electron chi connectivity index (χ1n) is 9.17. The number of thiazole rings is 1. The van der Waals surface area contributed by atoms with E-state index in [1.165, 1.54) is 11.1 Å². The molecule has 1 aromatic heterocycles. The standard InChI is InChI=1S/C20H24N2O3S3/c1-3-11-22-18-9-8-17(13-19(18)27-20(22)23)28(24,25)21-10-12-26-14-16-6-4-15(2)5-7-16/h4-9,13,21H,3,10-12,14H2,1-2H3. The summed E-state index contributed by atoms with van der Waals surface area (Å²) in [7, 11) is -3.59. The van der Waals surface area contributed by atoms with Gasteiger partial charge in [0.1, 0.15) is 0 Å². The summed E-state index contributed by atoms with van der Waals surface area (Å²) in [5.41, 5.74) is 3.26. The monoisotopic (exact) mass is 436 g/mol. The summed E-state index contributed by atoms with van der Waals surface area (Å²) in [6.45, 7) is 5.07. The zero-order valence-corrected chi connectivity index (χ0v) is 18.4. The van der Waals surface area contributed by atoms with Crippen molar-refractivity contribution in [2.75, 3.05) is 12.3 Å². The van der Waals surface area contributed by atoms with E-state index in [2.05, 4.69) is 35.9 Å². The molecule has 0 amide bonds. The number of benzene rings is 2. The minimum atomic E-state index is -3.59. The maximum atomic E-state index is 12.6. The summed E-state index contributed by atoms with van der Waals surface area (Å²) in [4.78, 5) is 12.2. The van der Waals surface area contributed by atoms with E-state index in [1.54, 1.807) is 34.5 Å². The lowest BCUT2D eigenvalue weighted by Gasteiger charge is -2.08. The Hall–Kier alpha value is -1.61. The largest absolute Gasteiger partial charge is 0.308 e. The third-order valence-corrected chi connectivity index (χ3v) is 7.76. The number of thioether (sulfide) groups is 1. The van der Waals surface area contributed by atoms with E-state index in [4.69, 9.17) is 0 Å². The second-order valence-corrected chi connectivity index (χ2v) is 10.5. The average molecular weight is 437 g/mol. The Morgan fingerprint density at radius 3 is 2.61 bits per heavy atom. The van der Waals surface area contributed by atoms with Gasteiger partial charge in [0.2, 0.25) is 10.0 Å². The molecule has 8 heteroatoms. The van der Waals surface area contributed by atoms with Crippen LogP contribution in [0.1, 0.15) is 24.5 Å². The number of rotatable bonds is 9. The van der Waals surface area contributed by atoms with Crippen LogP contribution in [0.3, 0.4) is 0 Å². The molecule has 150 valence electrons. The van der Waals surface area contributed by atoms with Gasteiger partial charge in [0.05, 0.1) is 15.1 Å². The summed E-state index contributed by atoms with van der Waals surface area (Å²) < 4.78 is 30.2. The maximum Gasteiger partial charge on any atom is 0.308 e. The first-order valence-corrected chi connectivity index (χ1v) is 12.6. The first kappa shape index (κ1) is 21.1. The van der Waals surface area contributed by atoms with Crippen molar-refractivity contribution in [2.24, 2.45) is 0 Å². The van der Waals surface area contributed by atoms with Crippen molar-refractivity contribution in [2.45, 2.75) is 37.5 Å². The Morgan fingerprint density at radius 1 is 1.14 bits per heavy atom. The van der Waals surface area contributed by atoms with Crippen LogP contribution >= 0.6 is 23.1 Å². The SMILES string of the molecule is CCCn1c(=O)sc2cc(S(=O)(=O)NCCSCc3ccc(C)cc3)ccc21. The highest BCUT2D eigenvalue weighted by atomic mass is 32.2. The third kappa shape index (κ3) is 5.05. The number of nitrogens with one attached hydrogen (secondary N) is 1. The molecule has 3 rings (SSSR count). The van der Waals surface area contributed by atoms with Crippen LogP contribution in [0.5, 0.6) is 0 Å². The number of sulfonamides is 1. The lowest BCUT2D eigenvalue weighted by atomic mass is 10.2. The molecule has 0 atom stereocenters. The van der Waals surface area contributed by atoms with Crippen molar-refractivity contribution in [1.82, 2.24) is 9.29 Å². The normalized spacial score (nSPS) is 11.9. The molecule has 0 aliphatic heterocycles. The quantitative estimate of drug-likeness (QED) is 0.515. The van der Waals surface area contributed by atoms with Crippen LogP contribution in [0.2, 0.25) is 0 Å². The van der Waals surface area contributed by atoms with Crippen LogP contribution in [0.25, 0.3) is 10.2 Å². The van der Waals surface area contributed by atoms with Gasteiger partial charge in [-0.3, -0.25) is 9.36 Å². The van der Waals surface area contributed by atoms with Gasteiger partial charge in [0, 0.05) is 24.6 Å². The Labute approximate surface area is 173 Å². The first-order chi connectivity index (χ1) is 13.4. The second kappa shape index (κ2) is 9.26. The topological polar surface area (TPSA) is 68.2 Å². The van der Waals surface area contributed by atoms with Gasteiger partial charge in [0.25, 0.3) is 0 Å². The van der Waals surface area contributed by atoms with Crippen LogP contribution in [0, 0.1) is 6.92 Å². The number of aromatic nitrogens is 1. The minimum absolute atomic E-state index is 0.0492. The summed E-state index contributed by atoms with van der Waals surface area (Å²) in [6, 6.07) is 13.2. The molecule has 0 aliphatic rings. The van der Waals surface area contributed by atoms with Gasteiger partial charge in [-0.05, 0) is 37.1 Å². The van der Waals surface area contributed by atoms with Crippen molar-refractivity contribution >= 4 is 43.3 Å². The molecular formula is C20H24N2O3S3. The predicted molar refractivity (Wildman–Crippen MR) is 119 cm³/mol. The average Bonchev–Trinajstić information content (AvgIpc) is 2.98. The zero-order chi connectivity index (χ0) is 20.1. The van der Waals surface area contributed by atoms with E-state index in [1.807, 2.05) is 6.92 Å². The number of nitrogens with zero attached hydrogens (tertiary/aromatic N) is 1. The van der Waals surface area contributed by atoms with Crippen LogP contribution in [0.15, 0.2) is 52.2 Å². The fourth-order valence-corrected chi connectivity index (χ4v) is 5.89. The van der Waals surface area contributed by atoms with E-state index in [9.17, 15) is 13.2 Å². The molecular weight excluding hydrogens is 412 g/mol. The molecule has 0 aliphatic carbocycles. The Kier molecular flexibility index (Phi) is 6.98. The molecule has 0 saturated carbocycles. The van der Waals surface area contributed by atoms with Gasteiger partial charge in [-0.1, -0.05) is 48.1 Å². The van der Waals surface area contributed by atoms with Crippen molar-refractivity contribution in [3.8, 4) is 0 Å². The Bertz CT molecular complexity index is 1100. The lowest BCUT2D eigenvalue weighted by Crippen LogP contribution is -2.26. The molecule has 1 N–H and O–H groups in total. The highest BCUT2D eigenvalue weighted by Crippen LogP contribution is 2.22. The molecule has 0 radical (unpaired) electrons. The summed E-state index contributed by atoms with van der Waals surface area (Å²) in [5, 5.41) is 0. The number of fused-ring (bicyclic) bond motifs is 1. The molecule has 0 saturated heterocycles. The van der Waals surface area contributed by atoms with Crippen molar-refractivity contribution in [3.05, 3.63) is 63.3 Å². The molecule has 0 unspecified atom stereocenters. The third-order valence-electron chi connectivity index (χ3n) is 4.33. The Balaban J connectivity index is 1.59. The van der Waals surface area contributed by atoms with E-state index in [0.29, 0.717) is 23.5 Å². The highest BCUT2D eigenvalue weighted by Gasteiger charge is 2.16. The predicted octanol–water partition coefficient (Wildman–Crippen LogP) is 3.99. The molecule has 2 aromatic carbocycles. The van der Waals surface area contributed by atoms with E-state index in [-0.39, 0.29) is 9.77 Å². The zero-order valence-electron chi connectivity index (χ0n) is 16.0. The molecule has 0 fully saturated rings. The van der Waals surface area contributed by atoms with Crippen molar-refractivity contribution in [1.29, 1.82) is 0 Å². The summed E-state index contributed by atoms with van der Waals surface area (Å²) >= 11 is 2.78. The summed E-state index contributed by atoms with van der Waals surface area (Å²) in [5.74, 6) is 1.54. The number of aryl methyl sites for hydroxylation is 2. The lowest BCUT2D eigenvalue weighted by molar-refractivity contribution is 0.584. The molecule has 28 heavy (non-hydrogen) atoms. The van der Waals surface area contributed by atoms with Crippen molar-refractivity contribution < 1.29 is 8.42 Å². The van der Waals surface area contributed by atoms with Gasteiger partial charge < -0.3 is 0 Å². The summed E-state index contributed by atoms with van der Waals surface area (Å²) in [6.07, 6.45) is 0.855. The molecule has 5 nitrogen and oxygen atoms in total. The fourth-order valence-electron chi connectivity index (χ4n) is 2.86. The van der Waals surface area contributed by atoms with Gasteiger partial charge in [-0.2, -0.15) is 11.8 Å². The highest BCUT2D eigenvalue weighted by molar-refractivity contribution is 7.98. The molecule has 0 bridgehead atoms.